The molecule has 122 valence electrons. The number of anilines is 2. The van der Waals surface area contributed by atoms with E-state index in [9.17, 15) is 9.59 Å². The van der Waals surface area contributed by atoms with E-state index >= 15 is 0 Å². The van der Waals surface area contributed by atoms with Crippen molar-refractivity contribution in [3.05, 3.63) is 24.3 Å². The number of carbonyl (C=O) groups is 2. The van der Waals surface area contributed by atoms with Gasteiger partial charge >= 0.3 is 6.09 Å². The summed E-state index contributed by atoms with van der Waals surface area (Å²) in [5.41, 5.74) is 1.19. The molecule has 22 heavy (non-hydrogen) atoms. The zero-order valence-corrected chi connectivity index (χ0v) is 13.7. The fourth-order valence-electron chi connectivity index (χ4n) is 1.74. The molecule has 1 rings (SSSR count). The van der Waals surface area contributed by atoms with E-state index in [1.807, 2.05) is 45.0 Å². The maximum atomic E-state index is 11.4. The van der Waals surface area contributed by atoms with Crippen molar-refractivity contribution < 1.29 is 14.3 Å². The lowest BCUT2D eigenvalue weighted by atomic mass is 10.2. The Labute approximate surface area is 131 Å². The predicted molar refractivity (Wildman–Crippen MR) is 88.1 cm³/mol. The number of ether oxygens (including phenoxy) is 1. The smallest absolute Gasteiger partial charge is 0.407 e. The Morgan fingerprint density at radius 1 is 1.14 bits per heavy atom. The summed E-state index contributed by atoms with van der Waals surface area (Å²) in [5.74, 6) is -0.0984. The Morgan fingerprint density at radius 2 is 1.82 bits per heavy atom. The van der Waals surface area contributed by atoms with Crippen LogP contribution in [0.3, 0.4) is 0 Å². The molecule has 6 nitrogen and oxygen atoms in total. The van der Waals surface area contributed by atoms with Crippen LogP contribution in [-0.2, 0) is 9.53 Å². The first kappa shape index (κ1) is 17.8. The topological polar surface area (TPSA) is 79.5 Å². The minimum absolute atomic E-state index is 0.0984. The Balaban J connectivity index is 2.25. The summed E-state index contributed by atoms with van der Waals surface area (Å²) in [6.45, 7) is 8.21. The summed E-state index contributed by atoms with van der Waals surface area (Å²) in [5, 5.41) is 8.67. The largest absolute Gasteiger partial charge is 0.444 e. The first-order chi connectivity index (χ1) is 10.3. The Kier molecular flexibility index (Phi) is 6.69. The van der Waals surface area contributed by atoms with E-state index in [1.165, 1.54) is 6.92 Å². The molecule has 1 aromatic rings. The molecular weight excluding hydrogens is 282 g/mol. The standard InChI is InChI=1S/C16H25N3O3/c1-12(20)19-14-8-5-7-13(11-14)17-9-6-10-18-15(21)22-16(2,3)4/h5,7-8,11,17H,6,9-10H2,1-4H3,(H,18,21)(H,19,20). The lowest BCUT2D eigenvalue weighted by molar-refractivity contribution is -0.114. The molecule has 0 spiro atoms. The van der Waals surface area contributed by atoms with Crippen molar-refractivity contribution in [2.45, 2.75) is 39.7 Å². The second kappa shape index (κ2) is 8.26. The quantitative estimate of drug-likeness (QED) is 0.706. The zero-order chi connectivity index (χ0) is 16.6. The van der Waals surface area contributed by atoms with Crippen molar-refractivity contribution in [3.8, 4) is 0 Å². The number of hydrogen-bond acceptors (Lipinski definition) is 4. The van der Waals surface area contributed by atoms with Gasteiger partial charge in [-0.25, -0.2) is 4.79 Å². The molecule has 0 aliphatic rings. The molecule has 6 heteroatoms. The molecule has 0 saturated heterocycles. The number of carbonyl (C=O) groups excluding carboxylic acids is 2. The summed E-state index contributed by atoms with van der Waals surface area (Å²) in [4.78, 5) is 22.4. The summed E-state index contributed by atoms with van der Waals surface area (Å²) in [6, 6.07) is 7.48. The molecule has 0 bridgehead atoms. The molecule has 0 heterocycles. The SMILES string of the molecule is CC(=O)Nc1cccc(NCCCNC(=O)OC(C)(C)C)c1. The van der Waals surface area contributed by atoms with Crippen molar-refractivity contribution in [1.29, 1.82) is 0 Å². The second-order valence-corrected chi connectivity index (χ2v) is 5.97. The van der Waals surface area contributed by atoms with Crippen molar-refractivity contribution in [2.24, 2.45) is 0 Å². The van der Waals surface area contributed by atoms with Gasteiger partial charge in [-0.3, -0.25) is 4.79 Å². The number of rotatable bonds is 6. The third-order valence-corrected chi connectivity index (χ3v) is 2.53. The van der Waals surface area contributed by atoms with Gasteiger partial charge in [-0.15, -0.1) is 0 Å². The minimum atomic E-state index is -0.480. The lowest BCUT2D eigenvalue weighted by Crippen LogP contribution is -2.33. The monoisotopic (exact) mass is 307 g/mol. The van der Waals surface area contributed by atoms with E-state index in [4.69, 9.17) is 4.74 Å². The number of alkyl carbamates (subject to hydrolysis) is 1. The fraction of sp³-hybridized carbons (Fsp3) is 0.500. The Morgan fingerprint density at radius 3 is 2.45 bits per heavy atom. The molecule has 0 saturated carbocycles. The van der Waals surface area contributed by atoms with E-state index in [2.05, 4.69) is 16.0 Å². The van der Waals surface area contributed by atoms with Crippen molar-refractivity contribution in [1.82, 2.24) is 5.32 Å². The third-order valence-electron chi connectivity index (χ3n) is 2.53. The molecular formula is C16H25N3O3. The number of nitrogens with one attached hydrogen (secondary N) is 3. The molecule has 0 aliphatic heterocycles. The average Bonchev–Trinajstić information content (AvgIpc) is 2.35. The van der Waals surface area contributed by atoms with Crippen LogP contribution in [0, 0.1) is 0 Å². The number of amides is 2. The van der Waals surface area contributed by atoms with Gasteiger partial charge in [0, 0.05) is 31.4 Å². The number of benzene rings is 1. The highest BCUT2D eigenvalue weighted by molar-refractivity contribution is 5.89. The predicted octanol–water partition coefficient (Wildman–Crippen LogP) is 2.97. The first-order valence-electron chi connectivity index (χ1n) is 7.34. The highest BCUT2D eigenvalue weighted by atomic mass is 16.6. The normalized spacial score (nSPS) is 10.7. The van der Waals surface area contributed by atoms with Crippen LogP contribution in [0.5, 0.6) is 0 Å². The van der Waals surface area contributed by atoms with Gasteiger partial charge in [-0.1, -0.05) is 6.07 Å². The van der Waals surface area contributed by atoms with Gasteiger partial charge in [0.05, 0.1) is 0 Å². The van der Waals surface area contributed by atoms with Gasteiger partial charge in [-0.2, -0.15) is 0 Å². The van der Waals surface area contributed by atoms with Gasteiger partial charge in [0.1, 0.15) is 5.60 Å². The fourth-order valence-corrected chi connectivity index (χ4v) is 1.74. The second-order valence-electron chi connectivity index (χ2n) is 5.97. The Hall–Kier alpha value is -2.24. The average molecular weight is 307 g/mol. The van der Waals surface area contributed by atoms with Crippen LogP contribution in [0.4, 0.5) is 16.2 Å². The van der Waals surface area contributed by atoms with Crippen LogP contribution in [0.25, 0.3) is 0 Å². The molecule has 0 aliphatic carbocycles. The summed E-state index contributed by atoms with van der Waals surface area (Å²) in [7, 11) is 0. The van der Waals surface area contributed by atoms with Crippen LogP contribution in [0.2, 0.25) is 0 Å². The van der Waals surface area contributed by atoms with E-state index in [0.29, 0.717) is 13.1 Å². The van der Waals surface area contributed by atoms with Gasteiger partial charge in [0.2, 0.25) is 5.91 Å². The maximum Gasteiger partial charge on any atom is 0.407 e. The molecule has 0 fully saturated rings. The molecule has 0 atom stereocenters. The van der Waals surface area contributed by atoms with E-state index in [0.717, 1.165) is 17.8 Å². The Bertz CT molecular complexity index is 510. The van der Waals surface area contributed by atoms with E-state index < -0.39 is 11.7 Å². The van der Waals surface area contributed by atoms with Crippen LogP contribution < -0.4 is 16.0 Å². The van der Waals surface area contributed by atoms with Crippen LogP contribution in [0.15, 0.2) is 24.3 Å². The van der Waals surface area contributed by atoms with Crippen molar-refractivity contribution in [2.75, 3.05) is 23.7 Å². The maximum absolute atomic E-state index is 11.4. The minimum Gasteiger partial charge on any atom is -0.444 e. The number of hydrogen-bond donors (Lipinski definition) is 3. The zero-order valence-electron chi connectivity index (χ0n) is 13.7. The highest BCUT2D eigenvalue weighted by Crippen LogP contribution is 2.14. The van der Waals surface area contributed by atoms with Gasteiger partial charge in [0.25, 0.3) is 0 Å². The van der Waals surface area contributed by atoms with E-state index in [-0.39, 0.29) is 5.91 Å². The highest BCUT2D eigenvalue weighted by Gasteiger charge is 2.15. The lowest BCUT2D eigenvalue weighted by Gasteiger charge is -2.19. The van der Waals surface area contributed by atoms with Crippen molar-refractivity contribution in [3.63, 3.8) is 0 Å². The summed E-state index contributed by atoms with van der Waals surface area (Å²) in [6.07, 6.45) is 0.365. The summed E-state index contributed by atoms with van der Waals surface area (Å²) < 4.78 is 5.14. The van der Waals surface area contributed by atoms with Crippen LogP contribution >= 0.6 is 0 Å². The molecule has 2 amide bonds. The van der Waals surface area contributed by atoms with Crippen LogP contribution in [0.1, 0.15) is 34.1 Å². The van der Waals surface area contributed by atoms with Gasteiger partial charge in [0.15, 0.2) is 0 Å². The van der Waals surface area contributed by atoms with Crippen molar-refractivity contribution >= 4 is 23.4 Å². The van der Waals surface area contributed by atoms with Gasteiger partial charge in [-0.05, 0) is 45.4 Å². The molecule has 1 aromatic carbocycles. The van der Waals surface area contributed by atoms with Gasteiger partial charge < -0.3 is 20.7 Å². The molecule has 0 radical (unpaired) electrons. The van der Waals surface area contributed by atoms with E-state index in [1.54, 1.807) is 0 Å². The molecule has 0 aromatic heterocycles. The first-order valence-corrected chi connectivity index (χ1v) is 7.34. The summed E-state index contributed by atoms with van der Waals surface area (Å²) >= 11 is 0. The third kappa shape index (κ3) is 8.14. The molecule has 0 unspecified atom stereocenters. The molecule has 3 N–H and O–H groups in total. The van der Waals surface area contributed by atoms with Crippen LogP contribution in [-0.4, -0.2) is 30.7 Å².